The number of ether oxygens (including phenoxy) is 1. The summed E-state index contributed by atoms with van der Waals surface area (Å²) in [4.78, 5) is 12.7. The van der Waals surface area contributed by atoms with Crippen molar-refractivity contribution >= 4 is 0 Å². The highest BCUT2D eigenvalue weighted by atomic mass is 16.5. The minimum absolute atomic E-state index is 0.0547. The molecule has 0 bridgehead atoms. The smallest absolute Gasteiger partial charge is 0.332 e. The van der Waals surface area contributed by atoms with Crippen LogP contribution in [0.5, 0.6) is 5.75 Å². The lowest BCUT2D eigenvalue weighted by atomic mass is 10.1. The normalized spacial score (nSPS) is 10.9. The number of H-pyrrole nitrogens is 1. The van der Waals surface area contributed by atoms with Crippen molar-refractivity contribution in [1.29, 1.82) is 0 Å². The molecule has 6 heteroatoms. The van der Waals surface area contributed by atoms with Crippen molar-refractivity contribution in [3.63, 3.8) is 0 Å². The summed E-state index contributed by atoms with van der Waals surface area (Å²) in [6, 6.07) is 15.7. The number of nitrogens with zero attached hydrogens (tertiary/aromatic N) is 3. The van der Waals surface area contributed by atoms with Crippen LogP contribution in [0.4, 0.5) is 0 Å². The maximum atomic E-state index is 12.7. The summed E-state index contributed by atoms with van der Waals surface area (Å²) in [6.45, 7) is 0.597. The molecule has 0 saturated heterocycles. The van der Waals surface area contributed by atoms with Gasteiger partial charge in [-0.1, -0.05) is 30.3 Å². The van der Waals surface area contributed by atoms with Crippen LogP contribution in [-0.4, -0.2) is 26.4 Å². The second-order valence-corrected chi connectivity index (χ2v) is 6.24. The lowest BCUT2D eigenvalue weighted by molar-refractivity contribution is 0.408. The monoisotopic (exact) mass is 360 g/mol. The van der Waals surface area contributed by atoms with Crippen LogP contribution in [0.3, 0.4) is 0 Å². The second-order valence-electron chi connectivity index (χ2n) is 6.24. The fraction of sp³-hybridized carbons (Fsp3) is 0.143. The van der Waals surface area contributed by atoms with Gasteiger partial charge in [-0.25, -0.2) is 4.79 Å². The van der Waals surface area contributed by atoms with Crippen molar-refractivity contribution in [3.05, 3.63) is 89.4 Å². The molecule has 4 rings (SSSR count). The maximum absolute atomic E-state index is 12.7. The zero-order valence-electron chi connectivity index (χ0n) is 15.0. The van der Waals surface area contributed by atoms with E-state index < -0.39 is 0 Å². The summed E-state index contributed by atoms with van der Waals surface area (Å²) in [5.74, 6) is 0.847. The van der Waals surface area contributed by atoms with Crippen LogP contribution in [0.2, 0.25) is 0 Å². The van der Waals surface area contributed by atoms with E-state index in [1.54, 1.807) is 28.6 Å². The molecule has 136 valence electrons. The summed E-state index contributed by atoms with van der Waals surface area (Å²) < 4.78 is 8.75. The molecule has 0 radical (unpaired) electrons. The molecule has 2 aromatic heterocycles. The fourth-order valence-corrected chi connectivity index (χ4v) is 3.15. The molecule has 0 saturated carbocycles. The Morgan fingerprint density at radius 3 is 2.59 bits per heavy atom. The zero-order chi connectivity index (χ0) is 18.6. The number of hydrogen-bond acceptors (Lipinski definition) is 3. The number of benzene rings is 2. The highest BCUT2D eigenvalue weighted by Gasteiger charge is 2.08. The Hall–Kier alpha value is -3.54. The molecule has 2 heterocycles. The number of nitrogens with one attached hydrogen (secondary N) is 1. The third kappa shape index (κ3) is 3.42. The Morgan fingerprint density at radius 2 is 1.85 bits per heavy atom. The summed E-state index contributed by atoms with van der Waals surface area (Å²) in [6.07, 6.45) is 7.97. The van der Waals surface area contributed by atoms with Gasteiger partial charge in [-0.2, -0.15) is 5.10 Å². The first-order chi connectivity index (χ1) is 13.3. The number of aromatic nitrogens is 4. The molecule has 0 amide bonds. The molecule has 1 N–H and O–H groups in total. The zero-order valence-corrected chi connectivity index (χ0v) is 15.0. The van der Waals surface area contributed by atoms with E-state index in [9.17, 15) is 4.79 Å². The van der Waals surface area contributed by atoms with Gasteiger partial charge >= 0.3 is 5.69 Å². The second kappa shape index (κ2) is 7.37. The fourth-order valence-electron chi connectivity index (χ4n) is 3.15. The molecule has 6 nitrogen and oxygen atoms in total. The summed E-state index contributed by atoms with van der Waals surface area (Å²) in [7, 11) is 1.66. The number of hydrogen-bond donors (Lipinski definition) is 1. The summed E-state index contributed by atoms with van der Waals surface area (Å²) in [5, 5.41) is 6.77. The molecular weight excluding hydrogens is 340 g/mol. The molecule has 27 heavy (non-hydrogen) atoms. The number of aromatic amines is 1. The van der Waals surface area contributed by atoms with E-state index in [4.69, 9.17) is 4.74 Å². The number of aryl methyl sites for hydroxylation is 2. The van der Waals surface area contributed by atoms with Crippen molar-refractivity contribution in [3.8, 4) is 22.6 Å². The number of methoxy groups -OCH3 is 1. The predicted octanol–water partition coefficient (Wildman–Crippen LogP) is 3.28. The molecule has 0 aliphatic rings. The largest absolute Gasteiger partial charge is 0.496 e. The van der Waals surface area contributed by atoms with Gasteiger partial charge in [0.05, 0.1) is 19.0 Å². The van der Waals surface area contributed by atoms with Gasteiger partial charge in [0.1, 0.15) is 5.75 Å². The van der Waals surface area contributed by atoms with Crippen LogP contribution in [0.25, 0.3) is 16.8 Å². The average Bonchev–Trinajstić information content (AvgIpc) is 3.37. The molecule has 0 atom stereocenters. The van der Waals surface area contributed by atoms with Crippen LogP contribution in [0.15, 0.2) is 78.1 Å². The first-order valence-electron chi connectivity index (χ1n) is 8.75. The van der Waals surface area contributed by atoms with Gasteiger partial charge in [0.25, 0.3) is 0 Å². The number of para-hydroxylation sites is 1. The van der Waals surface area contributed by atoms with Gasteiger partial charge in [0, 0.05) is 30.7 Å². The lowest BCUT2D eigenvalue weighted by Crippen LogP contribution is -2.23. The molecular formula is C21H20N4O2. The summed E-state index contributed by atoms with van der Waals surface area (Å²) >= 11 is 0. The number of imidazole rings is 1. The Bertz CT molecular complexity index is 1080. The van der Waals surface area contributed by atoms with Crippen LogP contribution >= 0.6 is 0 Å². The standard InChI is InChI=1S/C21H20N4O2/c1-27-20-5-3-2-4-17(20)10-11-24-12-13-25(21(24)26)19-8-6-16(7-9-19)18-14-22-23-15-18/h2-9,12-15H,10-11H2,1H3,(H,22,23). The average molecular weight is 360 g/mol. The van der Waals surface area contributed by atoms with Gasteiger partial charge in [-0.05, 0) is 35.7 Å². The minimum atomic E-state index is -0.0547. The van der Waals surface area contributed by atoms with Crippen LogP contribution in [0, 0.1) is 0 Å². The van der Waals surface area contributed by atoms with Crippen LogP contribution in [-0.2, 0) is 13.0 Å². The van der Waals surface area contributed by atoms with Gasteiger partial charge in [-0.15, -0.1) is 0 Å². The minimum Gasteiger partial charge on any atom is -0.496 e. The third-order valence-corrected chi connectivity index (χ3v) is 4.64. The van der Waals surface area contributed by atoms with E-state index in [0.29, 0.717) is 6.54 Å². The summed E-state index contributed by atoms with van der Waals surface area (Å²) in [5.41, 5.74) is 3.94. The van der Waals surface area contributed by atoms with Gasteiger partial charge in [-0.3, -0.25) is 14.2 Å². The molecule has 2 aromatic carbocycles. The molecule has 4 aromatic rings. The highest BCUT2D eigenvalue weighted by Crippen LogP contribution is 2.20. The van der Waals surface area contributed by atoms with Crippen molar-refractivity contribution < 1.29 is 4.74 Å². The van der Waals surface area contributed by atoms with Crippen LogP contribution < -0.4 is 10.4 Å². The molecule has 0 aliphatic heterocycles. The molecule has 0 fully saturated rings. The molecule has 0 aliphatic carbocycles. The topological polar surface area (TPSA) is 64.8 Å². The quantitative estimate of drug-likeness (QED) is 0.574. The van der Waals surface area contributed by atoms with Crippen molar-refractivity contribution in [1.82, 2.24) is 19.3 Å². The first kappa shape index (κ1) is 16.9. The Balaban J connectivity index is 1.53. The van der Waals surface area contributed by atoms with E-state index >= 15 is 0 Å². The predicted molar refractivity (Wildman–Crippen MR) is 104 cm³/mol. The lowest BCUT2D eigenvalue weighted by Gasteiger charge is -2.08. The van der Waals surface area contributed by atoms with Gasteiger partial charge in [0.15, 0.2) is 0 Å². The Morgan fingerprint density at radius 1 is 1.04 bits per heavy atom. The SMILES string of the molecule is COc1ccccc1CCn1ccn(-c2ccc(-c3cn[nH]c3)cc2)c1=O. The van der Waals surface area contributed by atoms with E-state index in [-0.39, 0.29) is 5.69 Å². The highest BCUT2D eigenvalue weighted by molar-refractivity contribution is 5.62. The first-order valence-corrected chi connectivity index (χ1v) is 8.75. The Kier molecular flexibility index (Phi) is 4.61. The van der Waals surface area contributed by atoms with E-state index in [1.807, 2.05) is 60.9 Å². The Labute approximate surface area is 156 Å². The maximum Gasteiger partial charge on any atom is 0.332 e. The van der Waals surface area contributed by atoms with E-state index in [0.717, 1.165) is 34.5 Å². The molecule has 0 spiro atoms. The van der Waals surface area contributed by atoms with E-state index in [2.05, 4.69) is 10.2 Å². The number of rotatable bonds is 6. The van der Waals surface area contributed by atoms with Crippen molar-refractivity contribution in [2.45, 2.75) is 13.0 Å². The van der Waals surface area contributed by atoms with Crippen molar-refractivity contribution in [2.75, 3.05) is 7.11 Å². The van der Waals surface area contributed by atoms with Gasteiger partial charge < -0.3 is 4.74 Å². The van der Waals surface area contributed by atoms with Crippen molar-refractivity contribution in [2.24, 2.45) is 0 Å². The van der Waals surface area contributed by atoms with Crippen LogP contribution in [0.1, 0.15) is 5.56 Å². The van der Waals surface area contributed by atoms with E-state index in [1.165, 1.54) is 0 Å². The third-order valence-electron chi connectivity index (χ3n) is 4.64. The van der Waals surface area contributed by atoms with Gasteiger partial charge in [0.2, 0.25) is 0 Å². The molecule has 0 unspecified atom stereocenters.